The van der Waals surface area contributed by atoms with Gasteiger partial charge in [0, 0.05) is 18.1 Å². The molecule has 0 saturated carbocycles. The summed E-state index contributed by atoms with van der Waals surface area (Å²) in [6, 6.07) is 9.54. The molecule has 33 heavy (non-hydrogen) atoms. The lowest BCUT2D eigenvalue weighted by Gasteiger charge is -2.40. The summed E-state index contributed by atoms with van der Waals surface area (Å²) in [7, 11) is 0. The number of rotatable bonds is 5. The Morgan fingerprint density at radius 1 is 1.24 bits per heavy atom. The Morgan fingerprint density at radius 3 is 2.88 bits per heavy atom. The highest BCUT2D eigenvalue weighted by molar-refractivity contribution is 6.31. The van der Waals surface area contributed by atoms with Crippen LogP contribution in [-0.2, 0) is 0 Å². The zero-order valence-corrected chi connectivity index (χ0v) is 18.7. The molecule has 1 N–H and O–H groups in total. The van der Waals surface area contributed by atoms with Gasteiger partial charge in [-0.15, -0.1) is 0 Å². The standard InChI is InChI=1S/C23H22ClFN6O2/c1-14-3-2-10-30(20(14)13-26-23-29-18-11-15(24)4-7-21(18)33-23)22(32)17-12-16(25)5-6-19(17)31-27-8-9-28-31/h4-9,11-12,14,20H,2-3,10,13H2,1H3,(H,26,29)/t14-,20-/m1/s1. The average molecular weight is 469 g/mol. The van der Waals surface area contributed by atoms with Crippen molar-refractivity contribution in [3.63, 3.8) is 0 Å². The van der Waals surface area contributed by atoms with Crippen molar-refractivity contribution in [2.24, 2.45) is 5.92 Å². The molecule has 170 valence electrons. The van der Waals surface area contributed by atoms with Gasteiger partial charge in [-0.1, -0.05) is 18.5 Å². The molecule has 1 aliphatic heterocycles. The van der Waals surface area contributed by atoms with Crippen molar-refractivity contribution in [2.45, 2.75) is 25.8 Å². The van der Waals surface area contributed by atoms with Gasteiger partial charge in [0.15, 0.2) is 5.58 Å². The Balaban J connectivity index is 1.40. The number of oxazole rings is 1. The third kappa shape index (κ3) is 4.28. The van der Waals surface area contributed by atoms with Crippen molar-refractivity contribution >= 4 is 34.6 Å². The molecule has 0 bridgehead atoms. The van der Waals surface area contributed by atoms with Gasteiger partial charge in [-0.2, -0.15) is 20.0 Å². The van der Waals surface area contributed by atoms with Crippen molar-refractivity contribution in [1.29, 1.82) is 0 Å². The first kappa shape index (κ1) is 21.4. The van der Waals surface area contributed by atoms with Crippen molar-refractivity contribution in [3.05, 3.63) is 65.2 Å². The Hall–Kier alpha value is -3.46. The van der Waals surface area contributed by atoms with E-state index in [0.717, 1.165) is 12.8 Å². The van der Waals surface area contributed by atoms with Crippen LogP contribution >= 0.6 is 11.6 Å². The quantitative estimate of drug-likeness (QED) is 0.462. The summed E-state index contributed by atoms with van der Waals surface area (Å²) < 4.78 is 19.9. The summed E-state index contributed by atoms with van der Waals surface area (Å²) >= 11 is 6.04. The number of aromatic nitrogens is 4. The van der Waals surface area contributed by atoms with Gasteiger partial charge in [-0.3, -0.25) is 4.79 Å². The van der Waals surface area contributed by atoms with Crippen molar-refractivity contribution < 1.29 is 13.6 Å². The fourth-order valence-electron chi connectivity index (χ4n) is 4.33. The van der Waals surface area contributed by atoms with E-state index in [-0.39, 0.29) is 23.4 Å². The molecule has 2 atom stereocenters. The van der Waals surface area contributed by atoms with Crippen LogP contribution in [0, 0.1) is 11.7 Å². The summed E-state index contributed by atoms with van der Waals surface area (Å²) in [5, 5.41) is 12.0. The van der Waals surface area contributed by atoms with E-state index >= 15 is 0 Å². The molecule has 1 saturated heterocycles. The number of likely N-dealkylation sites (tertiary alicyclic amines) is 1. The monoisotopic (exact) mass is 468 g/mol. The maximum absolute atomic E-state index is 14.1. The van der Waals surface area contributed by atoms with Crippen LogP contribution in [0.25, 0.3) is 16.8 Å². The number of nitrogens with one attached hydrogen (secondary N) is 1. The van der Waals surface area contributed by atoms with E-state index in [4.69, 9.17) is 16.0 Å². The zero-order valence-electron chi connectivity index (χ0n) is 17.9. The topological polar surface area (TPSA) is 89.1 Å². The third-order valence-electron chi connectivity index (χ3n) is 6.01. The molecule has 0 aliphatic carbocycles. The molecule has 3 heterocycles. The lowest BCUT2D eigenvalue weighted by Crippen LogP contribution is -2.51. The number of carbonyl (C=O) groups excluding carboxylic acids is 1. The van der Waals surface area contributed by atoms with Gasteiger partial charge in [0.1, 0.15) is 11.3 Å². The highest BCUT2D eigenvalue weighted by atomic mass is 35.5. The number of benzene rings is 2. The number of amides is 1. The van der Waals surface area contributed by atoms with Gasteiger partial charge in [0.05, 0.1) is 29.7 Å². The highest BCUT2D eigenvalue weighted by Gasteiger charge is 2.34. The van der Waals surface area contributed by atoms with Crippen LogP contribution in [0.15, 0.2) is 53.2 Å². The maximum Gasteiger partial charge on any atom is 0.295 e. The first-order valence-corrected chi connectivity index (χ1v) is 11.1. The van der Waals surface area contributed by atoms with E-state index in [0.29, 0.717) is 40.9 Å². The van der Waals surface area contributed by atoms with E-state index in [1.54, 1.807) is 23.1 Å². The molecule has 0 radical (unpaired) electrons. The lowest BCUT2D eigenvalue weighted by molar-refractivity contribution is 0.0538. The van der Waals surface area contributed by atoms with Crippen LogP contribution in [-0.4, -0.2) is 49.9 Å². The minimum Gasteiger partial charge on any atom is -0.424 e. The average Bonchev–Trinajstić information content (AvgIpc) is 3.47. The maximum atomic E-state index is 14.1. The van der Waals surface area contributed by atoms with Crippen molar-refractivity contribution in [3.8, 4) is 5.69 Å². The summed E-state index contributed by atoms with van der Waals surface area (Å²) in [5.41, 5.74) is 1.95. The molecule has 5 rings (SSSR count). The van der Waals surface area contributed by atoms with Crippen LogP contribution in [0.1, 0.15) is 30.1 Å². The lowest BCUT2D eigenvalue weighted by atomic mass is 9.90. The molecule has 2 aromatic carbocycles. The second kappa shape index (κ2) is 8.82. The minimum absolute atomic E-state index is 0.133. The van der Waals surface area contributed by atoms with Crippen LogP contribution < -0.4 is 5.32 Å². The number of piperidine rings is 1. The summed E-state index contributed by atoms with van der Waals surface area (Å²) in [4.78, 5) is 21.2. The van der Waals surface area contributed by atoms with Crippen molar-refractivity contribution in [1.82, 2.24) is 24.9 Å². The third-order valence-corrected chi connectivity index (χ3v) is 6.25. The number of hydrogen-bond donors (Lipinski definition) is 1. The Morgan fingerprint density at radius 2 is 2.06 bits per heavy atom. The van der Waals surface area contributed by atoms with Gasteiger partial charge in [0.2, 0.25) is 0 Å². The number of halogens is 2. The smallest absolute Gasteiger partial charge is 0.295 e. The predicted molar refractivity (Wildman–Crippen MR) is 122 cm³/mol. The number of anilines is 1. The second-order valence-corrected chi connectivity index (χ2v) is 8.61. The molecule has 8 nitrogen and oxygen atoms in total. The number of hydrogen-bond acceptors (Lipinski definition) is 6. The molecule has 1 fully saturated rings. The van der Waals surface area contributed by atoms with E-state index in [1.165, 1.54) is 35.4 Å². The van der Waals surface area contributed by atoms with E-state index in [9.17, 15) is 9.18 Å². The Kier molecular flexibility index (Phi) is 5.72. The van der Waals surface area contributed by atoms with Gasteiger partial charge < -0.3 is 14.6 Å². The fourth-order valence-corrected chi connectivity index (χ4v) is 4.50. The predicted octanol–water partition coefficient (Wildman–Crippen LogP) is 4.55. The molecule has 10 heteroatoms. The summed E-state index contributed by atoms with van der Waals surface area (Å²) in [6.07, 6.45) is 4.88. The Bertz CT molecular complexity index is 1290. The molecular weight excluding hydrogens is 447 g/mol. The van der Waals surface area contributed by atoms with Crippen LogP contribution in [0.3, 0.4) is 0 Å². The molecule has 0 unspecified atom stereocenters. The van der Waals surface area contributed by atoms with E-state index in [2.05, 4.69) is 27.4 Å². The first-order valence-electron chi connectivity index (χ1n) is 10.8. The summed E-state index contributed by atoms with van der Waals surface area (Å²) in [5.74, 6) is -0.516. The van der Waals surface area contributed by atoms with Crippen LogP contribution in [0.5, 0.6) is 0 Å². The van der Waals surface area contributed by atoms with Gasteiger partial charge >= 0.3 is 0 Å². The van der Waals surface area contributed by atoms with E-state index in [1.807, 2.05) is 0 Å². The van der Waals surface area contributed by atoms with Gasteiger partial charge in [-0.25, -0.2) is 4.39 Å². The normalized spacial score (nSPS) is 18.6. The van der Waals surface area contributed by atoms with Gasteiger partial charge in [0.25, 0.3) is 11.9 Å². The zero-order chi connectivity index (χ0) is 22.9. The molecule has 2 aromatic heterocycles. The minimum atomic E-state index is -0.487. The van der Waals surface area contributed by atoms with Crippen LogP contribution in [0.4, 0.5) is 10.4 Å². The molecule has 4 aromatic rings. The van der Waals surface area contributed by atoms with Crippen LogP contribution in [0.2, 0.25) is 5.02 Å². The van der Waals surface area contributed by atoms with Crippen molar-refractivity contribution in [2.75, 3.05) is 18.4 Å². The first-order chi connectivity index (χ1) is 16.0. The molecule has 0 spiro atoms. The summed E-state index contributed by atoms with van der Waals surface area (Å²) in [6.45, 7) is 3.12. The highest BCUT2D eigenvalue weighted by Crippen LogP contribution is 2.28. The molecular formula is C23H22ClFN6O2. The molecule has 1 aliphatic rings. The SMILES string of the molecule is C[C@@H]1CCCN(C(=O)c2cc(F)ccc2-n2nccn2)[C@@H]1CNc1nc2cc(Cl)ccc2o1. The fraction of sp³-hybridized carbons (Fsp3) is 0.304. The second-order valence-electron chi connectivity index (χ2n) is 8.18. The number of carbonyl (C=O) groups is 1. The van der Waals surface area contributed by atoms with E-state index < -0.39 is 5.82 Å². The Labute approximate surface area is 194 Å². The largest absolute Gasteiger partial charge is 0.424 e. The number of nitrogens with zero attached hydrogens (tertiary/aromatic N) is 5. The number of fused-ring (bicyclic) bond motifs is 1. The molecule has 1 amide bonds. The van der Waals surface area contributed by atoms with Gasteiger partial charge in [-0.05, 0) is 55.2 Å².